The summed E-state index contributed by atoms with van der Waals surface area (Å²) in [5.41, 5.74) is 1.17. The predicted molar refractivity (Wildman–Crippen MR) is 93.8 cm³/mol. The molecule has 1 aliphatic heterocycles. The fourth-order valence-corrected chi connectivity index (χ4v) is 3.03. The molecule has 0 radical (unpaired) electrons. The third-order valence-corrected chi connectivity index (χ3v) is 4.32. The zero-order valence-corrected chi connectivity index (χ0v) is 15.2. The lowest BCUT2D eigenvalue weighted by Gasteiger charge is -2.21. The molecule has 0 amide bonds. The Hall–Kier alpha value is -2.05. The molecule has 0 spiro atoms. The lowest BCUT2D eigenvalue weighted by atomic mass is 9.99. The lowest BCUT2D eigenvalue weighted by Crippen LogP contribution is -2.40. The molecular formula is C17H29N5O2. The van der Waals surface area contributed by atoms with Crippen molar-refractivity contribution in [2.24, 2.45) is 16.8 Å². The van der Waals surface area contributed by atoms with E-state index < -0.39 is 0 Å². The number of aromatic nitrogens is 2. The fraction of sp³-hybridized carbons (Fsp3) is 0.706. The van der Waals surface area contributed by atoms with Crippen LogP contribution in [0.1, 0.15) is 25.8 Å². The standard InChI is InChI=1S/C17H29N5O2/c1-5-18-17(19-7-6-8-22-10-13(2)9-20-22)21-11-14(3)15(12-21)16(23)24-4/h9-10,14-15H,5-8,11-12H2,1-4H3,(H,18,19). The molecule has 1 fully saturated rings. The number of hydrogen-bond donors (Lipinski definition) is 1. The fourth-order valence-electron chi connectivity index (χ4n) is 3.03. The highest BCUT2D eigenvalue weighted by Crippen LogP contribution is 2.24. The van der Waals surface area contributed by atoms with Crippen molar-refractivity contribution in [2.45, 2.75) is 33.7 Å². The van der Waals surface area contributed by atoms with E-state index >= 15 is 0 Å². The minimum atomic E-state index is -0.130. The number of aliphatic imine (C=N–C) groups is 1. The first kappa shape index (κ1) is 18.3. The number of nitrogens with zero attached hydrogens (tertiary/aromatic N) is 4. The number of likely N-dealkylation sites (tertiary alicyclic amines) is 1. The molecule has 1 saturated heterocycles. The Balaban J connectivity index is 1.89. The topological polar surface area (TPSA) is 71.8 Å². The molecule has 2 heterocycles. The zero-order valence-electron chi connectivity index (χ0n) is 15.2. The van der Waals surface area contributed by atoms with Crippen molar-refractivity contribution in [3.63, 3.8) is 0 Å². The molecule has 0 saturated carbocycles. The van der Waals surface area contributed by atoms with Crippen LogP contribution < -0.4 is 5.32 Å². The second-order valence-corrected chi connectivity index (χ2v) is 6.38. The van der Waals surface area contributed by atoms with Gasteiger partial charge in [0.2, 0.25) is 0 Å². The van der Waals surface area contributed by atoms with E-state index in [4.69, 9.17) is 9.73 Å². The number of hydrogen-bond acceptors (Lipinski definition) is 4. The second kappa shape index (κ2) is 8.70. The third kappa shape index (κ3) is 4.72. The molecule has 0 aromatic carbocycles. The Morgan fingerprint density at radius 1 is 1.50 bits per heavy atom. The van der Waals surface area contributed by atoms with Gasteiger partial charge in [-0.3, -0.25) is 14.5 Å². The number of nitrogens with one attached hydrogen (secondary N) is 1. The summed E-state index contributed by atoms with van der Waals surface area (Å²) in [6, 6.07) is 0. The van der Waals surface area contributed by atoms with E-state index in [1.807, 2.05) is 24.0 Å². The summed E-state index contributed by atoms with van der Waals surface area (Å²) in [5, 5.41) is 7.61. The van der Waals surface area contributed by atoms with Crippen LogP contribution in [0.15, 0.2) is 17.4 Å². The van der Waals surface area contributed by atoms with Crippen LogP contribution in [-0.4, -0.2) is 59.9 Å². The minimum Gasteiger partial charge on any atom is -0.469 e. The maximum atomic E-state index is 11.9. The summed E-state index contributed by atoms with van der Waals surface area (Å²) in [6.07, 6.45) is 4.84. The normalized spacial score (nSPS) is 21.2. The summed E-state index contributed by atoms with van der Waals surface area (Å²) in [7, 11) is 1.45. The van der Waals surface area contributed by atoms with Gasteiger partial charge in [-0.05, 0) is 31.7 Å². The monoisotopic (exact) mass is 335 g/mol. The molecule has 2 rings (SSSR count). The van der Waals surface area contributed by atoms with Crippen LogP contribution in [-0.2, 0) is 16.1 Å². The zero-order chi connectivity index (χ0) is 17.5. The largest absolute Gasteiger partial charge is 0.469 e. The Bertz CT molecular complexity index is 569. The van der Waals surface area contributed by atoms with Gasteiger partial charge in [-0.25, -0.2) is 0 Å². The molecule has 2 atom stereocenters. The van der Waals surface area contributed by atoms with Crippen molar-refractivity contribution in [3.05, 3.63) is 18.0 Å². The molecule has 134 valence electrons. The van der Waals surface area contributed by atoms with Crippen molar-refractivity contribution in [1.82, 2.24) is 20.0 Å². The number of carbonyl (C=O) groups excluding carboxylic acids is 1. The van der Waals surface area contributed by atoms with Crippen molar-refractivity contribution < 1.29 is 9.53 Å². The molecule has 2 unspecified atom stereocenters. The maximum absolute atomic E-state index is 11.9. The quantitative estimate of drug-likeness (QED) is 0.367. The summed E-state index contributed by atoms with van der Waals surface area (Å²) >= 11 is 0. The van der Waals surface area contributed by atoms with Crippen LogP contribution in [0, 0.1) is 18.8 Å². The highest BCUT2D eigenvalue weighted by molar-refractivity contribution is 5.82. The Morgan fingerprint density at radius 2 is 2.29 bits per heavy atom. The maximum Gasteiger partial charge on any atom is 0.310 e. The molecule has 7 nitrogen and oxygen atoms in total. The number of methoxy groups -OCH3 is 1. The third-order valence-electron chi connectivity index (χ3n) is 4.32. The van der Waals surface area contributed by atoms with Gasteiger partial charge in [-0.2, -0.15) is 5.10 Å². The molecule has 1 aliphatic rings. The Labute approximate surface area is 144 Å². The lowest BCUT2D eigenvalue weighted by molar-refractivity contribution is -0.145. The first-order valence-electron chi connectivity index (χ1n) is 8.65. The summed E-state index contributed by atoms with van der Waals surface area (Å²) < 4.78 is 6.85. The van der Waals surface area contributed by atoms with Crippen molar-refractivity contribution in [1.29, 1.82) is 0 Å². The second-order valence-electron chi connectivity index (χ2n) is 6.38. The van der Waals surface area contributed by atoms with Crippen LogP contribution in [0.4, 0.5) is 0 Å². The van der Waals surface area contributed by atoms with E-state index in [9.17, 15) is 4.79 Å². The molecule has 0 aliphatic carbocycles. The van der Waals surface area contributed by atoms with E-state index in [2.05, 4.69) is 29.2 Å². The Morgan fingerprint density at radius 3 is 2.92 bits per heavy atom. The number of aryl methyl sites for hydroxylation is 2. The molecule has 1 aromatic rings. The van der Waals surface area contributed by atoms with E-state index in [0.717, 1.165) is 38.6 Å². The van der Waals surface area contributed by atoms with Gasteiger partial charge < -0.3 is 15.0 Å². The minimum absolute atomic E-state index is 0.0779. The average Bonchev–Trinajstić information content (AvgIpc) is 3.15. The van der Waals surface area contributed by atoms with Gasteiger partial charge in [0.15, 0.2) is 5.96 Å². The Kier molecular flexibility index (Phi) is 6.63. The number of ether oxygens (including phenoxy) is 1. The highest BCUT2D eigenvalue weighted by Gasteiger charge is 2.36. The number of carbonyl (C=O) groups is 1. The molecule has 1 N–H and O–H groups in total. The van der Waals surface area contributed by atoms with Crippen LogP contribution in [0.25, 0.3) is 0 Å². The van der Waals surface area contributed by atoms with E-state index in [1.54, 1.807) is 0 Å². The van der Waals surface area contributed by atoms with Gasteiger partial charge in [0.05, 0.1) is 19.2 Å². The summed E-state index contributed by atoms with van der Waals surface area (Å²) in [6.45, 7) is 10.1. The van der Waals surface area contributed by atoms with Crippen LogP contribution in [0.3, 0.4) is 0 Å². The molecule has 1 aromatic heterocycles. The van der Waals surface area contributed by atoms with Gasteiger partial charge in [0.1, 0.15) is 0 Å². The number of guanidine groups is 1. The van der Waals surface area contributed by atoms with Gasteiger partial charge in [-0.15, -0.1) is 0 Å². The van der Waals surface area contributed by atoms with Crippen molar-refractivity contribution in [2.75, 3.05) is 33.3 Å². The summed E-state index contributed by atoms with van der Waals surface area (Å²) in [4.78, 5) is 18.7. The smallest absolute Gasteiger partial charge is 0.310 e. The first-order chi connectivity index (χ1) is 11.5. The van der Waals surface area contributed by atoms with Crippen molar-refractivity contribution >= 4 is 11.9 Å². The predicted octanol–water partition coefficient (Wildman–Crippen LogP) is 1.29. The van der Waals surface area contributed by atoms with Gasteiger partial charge >= 0.3 is 5.97 Å². The number of esters is 1. The van der Waals surface area contributed by atoms with Gasteiger partial charge in [-0.1, -0.05) is 6.92 Å². The highest BCUT2D eigenvalue weighted by atomic mass is 16.5. The molecule has 24 heavy (non-hydrogen) atoms. The van der Waals surface area contributed by atoms with E-state index in [1.165, 1.54) is 12.7 Å². The van der Waals surface area contributed by atoms with Gasteiger partial charge in [0.25, 0.3) is 0 Å². The average molecular weight is 335 g/mol. The van der Waals surface area contributed by atoms with E-state index in [-0.39, 0.29) is 17.8 Å². The van der Waals surface area contributed by atoms with Gasteiger partial charge in [0, 0.05) is 38.9 Å². The molecule has 0 bridgehead atoms. The first-order valence-corrected chi connectivity index (χ1v) is 8.65. The van der Waals surface area contributed by atoms with Crippen LogP contribution in [0.5, 0.6) is 0 Å². The van der Waals surface area contributed by atoms with Crippen LogP contribution in [0.2, 0.25) is 0 Å². The van der Waals surface area contributed by atoms with Crippen molar-refractivity contribution in [3.8, 4) is 0 Å². The number of rotatable bonds is 6. The summed E-state index contributed by atoms with van der Waals surface area (Å²) in [5.74, 6) is 0.946. The SMILES string of the molecule is CCNC(=NCCCn1cc(C)cn1)N1CC(C)C(C(=O)OC)C1. The molecular weight excluding hydrogens is 306 g/mol. The van der Waals surface area contributed by atoms with E-state index in [0.29, 0.717) is 6.54 Å². The molecule has 7 heteroatoms. The van der Waals surface area contributed by atoms with Crippen LogP contribution >= 0.6 is 0 Å².